The second kappa shape index (κ2) is 6.78. The van der Waals surface area contributed by atoms with Gasteiger partial charge >= 0.3 is 0 Å². The van der Waals surface area contributed by atoms with Crippen molar-refractivity contribution < 1.29 is 9.32 Å². The number of fused-ring (bicyclic) bond motifs is 5. The molecule has 0 radical (unpaired) electrons. The van der Waals surface area contributed by atoms with Crippen LogP contribution in [0.4, 0.5) is 0 Å². The monoisotopic (exact) mass is 369 g/mol. The number of aromatic amines is 1. The number of carbonyl (C=O) groups excluding carboxylic acids is 1. The molecule has 5 heterocycles. The maximum Gasteiger partial charge on any atom is 0.293 e. The molecule has 6 rings (SSSR count). The fourth-order valence-electron chi connectivity index (χ4n) is 5.00. The van der Waals surface area contributed by atoms with Gasteiger partial charge < -0.3 is 14.4 Å². The first-order chi connectivity index (χ1) is 13.2. The number of aromatic nitrogens is 3. The Morgan fingerprint density at radius 1 is 1.26 bits per heavy atom. The summed E-state index contributed by atoms with van der Waals surface area (Å²) in [5, 5.41) is 4.19. The molecule has 144 valence electrons. The van der Waals surface area contributed by atoms with E-state index in [0.29, 0.717) is 11.7 Å². The average molecular weight is 369 g/mol. The van der Waals surface area contributed by atoms with Crippen molar-refractivity contribution in [3.05, 3.63) is 34.7 Å². The Morgan fingerprint density at radius 3 is 3.00 bits per heavy atom. The number of imidazole rings is 1. The molecule has 2 aromatic heterocycles. The minimum Gasteiger partial charge on any atom is -0.350 e. The first-order valence-electron chi connectivity index (χ1n) is 10.2. The van der Waals surface area contributed by atoms with Crippen molar-refractivity contribution in [3.8, 4) is 0 Å². The highest BCUT2D eigenvalue weighted by Crippen LogP contribution is 2.32. The lowest BCUT2D eigenvalue weighted by Crippen LogP contribution is -2.47. The fourth-order valence-corrected chi connectivity index (χ4v) is 5.00. The number of H-pyrrole nitrogens is 1. The van der Waals surface area contributed by atoms with Gasteiger partial charge in [-0.3, -0.25) is 9.69 Å². The molecule has 3 saturated heterocycles. The number of carbonyl (C=O) groups is 1. The second-order valence-corrected chi connectivity index (χ2v) is 8.37. The summed E-state index contributed by atoms with van der Waals surface area (Å²) in [5.41, 5.74) is 4.31. The summed E-state index contributed by atoms with van der Waals surface area (Å²) >= 11 is 0. The van der Waals surface area contributed by atoms with Crippen LogP contribution in [0.2, 0.25) is 0 Å². The van der Waals surface area contributed by atoms with E-state index >= 15 is 0 Å². The smallest absolute Gasteiger partial charge is 0.293 e. The third-order valence-electron chi connectivity index (χ3n) is 6.51. The van der Waals surface area contributed by atoms with Crippen LogP contribution in [0.5, 0.6) is 0 Å². The number of amides is 1. The van der Waals surface area contributed by atoms with Crippen LogP contribution in [0.25, 0.3) is 0 Å². The third kappa shape index (κ3) is 3.08. The molecule has 4 aliphatic rings. The zero-order valence-electron chi connectivity index (χ0n) is 15.9. The number of nitrogens with zero attached hydrogens (tertiary/aromatic N) is 4. The highest BCUT2D eigenvalue weighted by Gasteiger charge is 2.39. The van der Waals surface area contributed by atoms with Crippen LogP contribution in [0.1, 0.15) is 58.9 Å². The van der Waals surface area contributed by atoms with Gasteiger partial charge in [-0.15, -0.1) is 0 Å². The van der Waals surface area contributed by atoms with Gasteiger partial charge in [-0.2, -0.15) is 0 Å². The van der Waals surface area contributed by atoms with Gasteiger partial charge in [-0.05, 0) is 51.4 Å². The van der Waals surface area contributed by atoms with Crippen molar-refractivity contribution in [1.29, 1.82) is 0 Å². The third-order valence-corrected chi connectivity index (χ3v) is 6.51. The van der Waals surface area contributed by atoms with Crippen LogP contribution < -0.4 is 0 Å². The molecule has 2 atom stereocenters. The lowest BCUT2D eigenvalue weighted by atomic mass is 9.93. The van der Waals surface area contributed by atoms with Crippen molar-refractivity contribution >= 4 is 5.91 Å². The molecular formula is C20H27N5O2. The Bertz CT molecular complexity index is 841. The molecule has 0 saturated carbocycles. The summed E-state index contributed by atoms with van der Waals surface area (Å²) in [6, 6.07) is 0.250. The molecule has 2 bridgehead atoms. The van der Waals surface area contributed by atoms with E-state index in [1.54, 1.807) is 6.33 Å². The fraction of sp³-hybridized carbons (Fsp3) is 0.650. The minimum absolute atomic E-state index is 0.0538. The molecule has 0 aromatic carbocycles. The van der Waals surface area contributed by atoms with Crippen molar-refractivity contribution in [1.82, 2.24) is 24.9 Å². The van der Waals surface area contributed by atoms with Crippen LogP contribution in [-0.4, -0.2) is 56.5 Å². The molecule has 0 spiro atoms. The quantitative estimate of drug-likeness (QED) is 0.898. The highest BCUT2D eigenvalue weighted by atomic mass is 16.5. The number of aryl methyl sites for hydroxylation is 2. The number of hydrogen-bond acceptors (Lipinski definition) is 5. The predicted molar refractivity (Wildman–Crippen MR) is 99.3 cm³/mol. The number of hydrogen-bond donors (Lipinski definition) is 1. The molecule has 1 N–H and O–H groups in total. The number of piperidine rings is 1. The Labute approximate surface area is 159 Å². The molecule has 1 amide bonds. The van der Waals surface area contributed by atoms with Crippen molar-refractivity contribution in [2.45, 2.75) is 58.0 Å². The minimum atomic E-state index is 0.0538. The largest absolute Gasteiger partial charge is 0.350 e. The summed E-state index contributed by atoms with van der Waals surface area (Å²) in [6.07, 6.45) is 8.16. The van der Waals surface area contributed by atoms with E-state index in [1.807, 2.05) is 0 Å². The molecule has 7 heteroatoms. The van der Waals surface area contributed by atoms with E-state index in [9.17, 15) is 4.79 Å². The van der Waals surface area contributed by atoms with Gasteiger partial charge in [0, 0.05) is 43.5 Å². The summed E-state index contributed by atoms with van der Waals surface area (Å²) in [6.45, 7) is 5.68. The topological polar surface area (TPSA) is 78.3 Å². The van der Waals surface area contributed by atoms with E-state index in [0.717, 1.165) is 80.9 Å². The lowest BCUT2D eigenvalue weighted by molar-refractivity contribution is 0.0541. The van der Waals surface area contributed by atoms with Crippen LogP contribution in [0.15, 0.2) is 10.9 Å². The molecule has 7 nitrogen and oxygen atoms in total. The molecule has 1 aliphatic carbocycles. The summed E-state index contributed by atoms with van der Waals surface area (Å²) in [5.74, 6) is 1.08. The van der Waals surface area contributed by atoms with E-state index in [1.165, 1.54) is 6.42 Å². The van der Waals surface area contributed by atoms with Gasteiger partial charge in [-0.1, -0.05) is 5.16 Å². The van der Waals surface area contributed by atoms with Crippen LogP contribution in [0, 0.1) is 12.8 Å². The maximum absolute atomic E-state index is 13.3. The summed E-state index contributed by atoms with van der Waals surface area (Å²) in [4.78, 5) is 25.5. The normalized spacial score (nSPS) is 25.4. The number of rotatable bonds is 3. The lowest BCUT2D eigenvalue weighted by Gasteiger charge is -2.35. The Balaban J connectivity index is 1.35. The van der Waals surface area contributed by atoms with Crippen molar-refractivity contribution in [2.24, 2.45) is 5.92 Å². The summed E-state index contributed by atoms with van der Waals surface area (Å²) < 4.78 is 5.54. The Kier molecular flexibility index (Phi) is 4.27. The highest BCUT2D eigenvalue weighted by molar-refractivity contribution is 5.93. The van der Waals surface area contributed by atoms with Crippen LogP contribution >= 0.6 is 0 Å². The molecule has 27 heavy (non-hydrogen) atoms. The SMILES string of the molecule is Cc1[nH]cnc1CN1C[C@@H]2CC[C@H](C1)N(C(=O)c1onc3c1CCCC3)C2. The van der Waals surface area contributed by atoms with Gasteiger partial charge in [0.2, 0.25) is 5.76 Å². The summed E-state index contributed by atoms with van der Waals surface area (Å²) in [7, 11) is 0. The van der Waals surface area contributed by atoms with Crippen LogP contribution in [0.3, 0.4) is 0 Å². The van der Waals surface area contributed by atoms with Gasteiger partial charge in [0.15, 0.2) is 0 Å². The van der Waals surface area contributed by atoms with Gasteiger partial charge in [0.1, 0.15) is 0 Å². The van der Waals surface area contributed by atoms with Gasteiger partial charge in [-0.25, -0.2) is 4.98 Å². The molecule has 3 fully saturated rings. The molecule has 0 unspecified atom stereocenters. The maximum atomic E-state index is 13.3. The Morgan fingerprint density at radius 2 is 2.15 bits per heavy atom. The first-order valence-corrected chi connectivity index (χ1v) is 10.2. The molecule has 2 aromatic rings. The average Bonchev–Trinajstić information content (AvgIpc) is 3.17. The number of nitrogens with one attached hydrogen (secondary N) is 1. The first kappa shape index (κ1) is 17.0. The zero-order valence-corrected chi connectivity index (χ0v) is 15.9. The van der Waals surface area contributed by atoms with E-state index in [2.05, 4.69) is 31.8 Å². The van der Waals surface area contributed by atoms with Crippen LogP contribution in [-0.2, 0) is 19.4 Å². The zero-order chi connectivity index (χ0) is 18.4. The van der Waals surface area contributed by atoms with Crippen molar-refractivity contribution in [3.63, 3.8) is 0 Å². The standard InChI is InChI=1S/C20H27N5O2/c1-13-18(22-12-21-13)11-24-8-14-6-7-15(10-24)25(9-14)20(26)19-16-4-2-3-5-17(16)23-27-19/h12,14-15H,2-11H2,1H3,(H,21,22)/t14-,15+/m0/s1. The van der Waals surface area contributed by atoms with E-state index < -0.39 is 0 Å². The van der Waals surface area contributed by atoms with E-state index in [-0.39, 0.29) is 11.9 Å². The molecule has 3 aliphatic heterocycles. The second-order valence-electron chi connectivity index (χ2n) is 8.37. The van der Waals surface area contributed by atoms with Crippen molar-refractivity contribution in [2.75, 3.05) is 19.6 Å². The van der Waals surface area contributed by atoms with E-state index in [4.69, 9.17) is 4.52 Å². The Hall–Kier alpha value is -2.15. The molecular weight excluding hydrogens is 342 g/mol. The van der Waals surface area contributed by atoms with Gasteiger partial charge in [0.05, 0.1) is 17.7 Å². The predicted octanol–water partition coefficient (Wildman–Crippen LogP) is 2.32. The van der Waals surface area contributed by atoms with Gasteiger partial charge in [0.25, 0.3) is 5.91 Å².